The number of rotatable bonds is 6. The number of aromatic nitrogens is 4. The first-order chi connectivity index (χ1) is 15.9. The van der Waals surface area contributed by atoms with Crippen molar-refractivity contribution in [3.05, 3.63) is 80.6 Å². The summed E-state index contributed by atoms with van der Waals surface area (Å²) in [6.07, 6.45) is 1.62. The number of carbonyl (C=O) groups excluding carboxylic acids is 1. The molecule has 0 saturated heterocycles. The van der Waals surface area contributed by atoms with Crippen LogP contribution in [0.4, 0.5) is 10.1 Å². The number of hydrogen-bond donors (Lipinski definition) is 0. The highest BCUT2D eigenvalue weighted by atomic mass is 79.9. The van der Waals surface area contributed by atoms with Gasteiger partial charge >= 0.3 is 5.97 Å². The third kappa shape index (κ3) is 4.94. The largest absolute Gasteiger partial charge is 0.454 e. The van der Waals surface area contributed by atoms with Gasteiger partial charge in [-0.1, -0.05) is 17.7 Å². The van der Waals surface area contributed by atoms with E-state index in [0.717, 1.165) is 0 Å². The van der Waals surface area contributed by atoms with Gasteiger partial charge < -0.3 is 9.47 Å². The molecule has 4 rings (SSSR count). The molecular formula is C22H14BrClFN5O3. The van der Waals surface area contributed by atoms with Crippen molar-refractivity contribution in [1.82, 2.24) is 20.0 Å². The van der Waals surface area contributed by atoms with Gasteiger partial charge in [-0.2, -0.15) is 10.2 Å². The van der Waals surface area contributed by atoms with Gasteiger partial charge in [-0.25, -0.2) is 13.9 Å². The van der Waals surface area contributed by atoms with Crippen LogP contribution in [0.2, 0.25) is 5.02 Å². The number of nitrogens with zero attached hydrogens (tertiary/aromatic N) is 5. The van der Waals surface area contributed by atoms with Crippen LogP contribution in [0.1, 0.15) is 18.2 Å². The number of ether oxygens (including phenoxy) is 2. The molecule has 0 bridgehead atoms. The van der Waals surface area contributed by atoms with Crippen LogP contribution in [0.3, 0.4) is 0 Å². The Hall–Kier alpha value is -3.55. The average Bonchev–Trinajstić information content (AvgIpc) is 3.14. The van der Waals surface area contributed by atoms with Gasteiger partial charge in [0, 0.05) is 23.8 Å². The van der Waals surface area contributed by atoms with Gasteiger partial charge in [0.25, 0.3) is 0 Å². The van der Waals surface area contributed by atoms with E-state index in [0.29, 0.717) is 31.8 Å². The Morgan fingerprint density at radius 2 is 2.12 bits per heavy atom. The first-order valence-electron chi connectivity index (χ1n) is 9.49. The summed E-state index contributed by atoms with van der Waals surface area (Å²) in [4.78, 5) is 14.5. The first kappa shape index (κ1) is 22.6. The average molecular weight is 531 g/mol. The molecule has 0 aliphatic carbocycles. The smallest absolute Gasteiger partial charge is 0.304 e. The van der Waals surface area contributed by atoms with Crippen molar-refractivity contribution in [3.8, 4) is 11.5 Å². The summed E-state index contributed by atoms with van der Waals surface area (Å²) in [6.45, 7) is 8.31. The number of halogens is 3. The molecule has 0 saturated carbocycles. The Kier molecular flexibility index (Phi) is 6.53. The van der Waals surface area contributed by atoms with Gasteiger partial charge in [0.15, 0.2) is 29.6 Å². The minimum absolute atomic E-state index is 0.0471. The van der Waals surface area contributed by atoms with E-state index in [1.54, 1.807) is 18.2 Å². The number of carbonyl (C=O) groups is 1. The summed E-state index contributed by atoms with van der Waals surface area (Å²) >= 11 is 9.35. The van der Waals surface area contributed by atoms with Gasteiger partial charge in [-0.3, -0.25) is 4.79 Å². The molecular weight excluding hydrogens is 517 g/mol. The van der Waals surface area contributed by atoms with Crippen molar-refractivity contribution in [1.29, 1.82) is 0 Å². The predicted octanol–water partition coefficient (Wildman–Crippen LogP) is 5.84. The maximum absolute atomic E-state index is 15.5. The molecule has 0 unspecified atom stereocenters. The van der Waals surface area contributed by atoms with Crippen molar-refractivity contribution in [2.75, 3.05) is 0 Å². The molecule has 0 atom stereocenters. The molecule has 4 aromatic rings. The molecule has 2 aromatic carbocycles. The van der Waals surface area contributed by atoms with Crippen molar-refractivity contribution < 1.29 is 18.7 Å². The quantitative estimate of drug-likeness (QED) is 0.230. The number of fused-ring (bicyclic) bond motifs is 1. The van der Waals surface area contributed by atoms with Crippen LogP contribution in [0, 0.1) is 12.4 Å². The van der Waals surface area contributed by atoms with E-state index in [9.17, 15) is 4.79 Å². The van der Waals surface area contributed by atoms with E-state index in [1.807, 2.05) is 0 Å². The second-order valence-electron chi connectivity index (χ2n) is 6.87. The molecule has 166 valence electrons. The van der Waals surface area contributed by atoms with Crippen LogP contribution in [-0.4, -0.2) is 25.9 Å². The molecule has 0 fully saturated rings. The Morgan fingerprint density at radius 3 is 2.88 bits per heavy atom. The molecule has 0 radical (unpaired) electrons. The third-order valence-electron chi connectivity index (χ3n) is 4.58. The van der Waals surface area contributed by atoms with E-state index in [2.05, 4.69) is 36.1 Å². The summed E-state index contributed by atoms with van der Waals surface area (Å²) < 4.78 is 28.0. The van der Waals surface area contributed by atoms with E-state index in [-0.39, 0.29) is 30.3 Å². The van der Waals surface area contributed by atoms with Crippen molar-refractivity contribution in [2.45, 2.75) is 20.1 Å². The Morgan fingerprint density at radius 1 is 1.30 bits per heavy atom. The van der Waals surface area contributed by atoms with Crippen LogP contribution < -0.4 is 4.74 Å². The van der Waals surface area contributed by atoms with Crippen molar-refractivity contribution in [3.63, 3.8) is 0 Å². The monoisotopic (exact) mass is 529 g/mol. The Balaban J connectivity index is 1.69. The maximum atomic E-state index is 15.5. The maximum Gasteiger partial charge on any atom is 0.304 e. The van der Waals surface area contributed by atoms with E-state index in [4.69, 9.17) is 27.6 Å². The second-order valence-corrected chi connectivity index (χ2v) is 8.16. The van der Waals surface area contributed by atoms with Crippen LogP contribution in [0.15, 0.2) is 47.1 Å². The fourth-order valence-corrected chi connectivity index (χ4v) is 3.74. The van der Waals surface area contributed by atoms with E-state index >= 15 is 4.39 Å². The standard InChI is InChI=1S/C22H14BrClFN5O3/c1-12(31)32-11-30-22-17(5-6-27-28-22)19(29-30)7-13-3-4-18(23)21(20(13)25)33-16-9-14(24)8-15(10-16)26-2/h3-6,8-10H,7,11H2,1H3. The minimum Gasteiger partial charge on any atom is -0.454 e. The van der Waals surface area contributed by atoms with Gasteiger partial charge in [0.2, 0.25) is 0 Å². The lowest BCUT2D eigenvalue weighted by molar-refractivity contribution is -0.145. The zero-order valence-corrected chi connectivity index (χ0v) is 19.4. The molecule has 0 aliphatic heterocycles. The van der Waals surface area contributed by atoms with Gasteiger partial charge in [0.05, 0.1) is 22.9 Å². The van der Waals surface area contributed by atoms with Crippen LogP contribution in [0.25, 0.3) is 15.9 Å². The Labute approximate surface area is 200 Å². The SMILES string of the molecule is [C-]#[N+]c1cc(Cl)cc(Oc2c(Br)ccc(Cc3nn(COC(C)=O)c4nnccc34)c2F)c1. The van der Waals surface area contributed by atoms with Gasteiger partial charge in [-0.05, 0) is 51.8 Å². The first-order valence-corrected chi connectivity index (χ1v) is 10.7. The van der Waals surface area contributed by atoms with Crippen molar-refractivity contribution >= 4 is 50.2 Å². The lowest BCUT2D eigenvalue weighted by atomic mass is 10.1. The summed E-state index contributed by atoms with van der Waals surface area (Å²) in [7, 11) is 0. The lowest BCUT2D eigenvalue weighted by Gasteiger charge is -2.12. The normalized spacial score (nSPS) is 10.8. The fraction of sp³-hybridized carbons (Fsp3) is 0.136. The number of esters is 1. The van der Waals surface area contributed by atoms with Crippen LogP contribution in [0.5, 0.6) is 11.5 Å². The highest BCUT2D eigenvalue weighted by Gasteiger charge is 2.19. The molecule has 2 aromatic heterocycles. The summed E-state index contributed by atoms with van der Waals surface area (Å²) in [5.74, 6) is -0.878. The number of hydrogen-bond acceptors (Lipinski definition) is 6. The second kappa shape index (κ2) is 9.52. The molecule has 0 N–H and O–H groups in total. The molecule has 8 nitrogen and oxygen atoms in total. The topological polar surface area (TPSA) is 83.5 Å². The molecule has 0 amide bonds. The van der Waals surface area contributed by atoms with Gasteiger partial charge in [0.1, 0.15) is 5.75 Å². The molecule has 0 aliphatic rings. The van der Waals surface area contributed by atoms with Gasteiger partial charge in [-0.15, -0.1) is 5.10 Å². The minimum atomic E-state index is -0.599. The van der Waals surface area contributed by atoms with Crippen molar-refractivity contribution in [2.24, 2.45) is 0 Å². The predicted molar refractivity (Wildman–Crippen MR) is 122 cm³/mol. The zero-order valence-electron chi connectivity index (χ0n) is 17.1. The van der Waals surface area contributed by atoms with Crippen LogP contribution in [-0.2, 0) is 22.7 Å². The van der Waals surface area contributed by atoms with Crippen LogP contribution >= 0.6 is 27.5 Å². The third-order valence-corrected chi connectivity index (χ3v) is 5.42. The summed E-state index contributed by atoms with van der Waals surface area (Å²) in [5.41, 5.74) is 1.53. The Bertz CT molecular complexity index is 1420. The number of benzene rings is 2. The molecule has 0 spiro atoms. The highest BCUT2D eigenvalue weighted by Crippen LogP contribution is 2.37. The molecule has 11 heteroatoms. The summed E-state index contributed by atoms with van der Waals surface area (Å²) in [5, 5.41) is 13.3. The molecule has 2 heterocycles. The molecule has 33 heavy (non-hydrogen) atoms. The van der Waals surface area contributed by atoms with E-state index in [1.165, 1.54) is 36.0 Å². The highest BCUT2D eigenvalue weighted by molar-refractivity contribution is 9.10. The fourth-order valence-electron chi connectivity index (χ4n) is 3.13. The lowest BCUT2D eigenvalue weighted by Crippen LogP contribution is -2.09. The summed E-state index contributed by atoms with van der Waals surface area (Å²) in [6, 6.07) is 9.44. The zero-order chi connectivity index (χ0) is 23.5. The van der Waals surface area contributed by atoms with E-state index < -0.39 is 11.8 Å².